The number of nitrogens with one attached hydrogen (secondary N) is 2. The van der Waals surface area contributed by atoms with Gasteiger partial charge in [0.2, 0.25) is 0 Å². The molecule has 1 aromatic carbocycles. The Morgan fingerprint density at radius 2 is 2.08 bits per heavy atom. The number of carbonyl (C=O) groups excluding carboxylic acids is 1. The van der Waals surface area contributed by atoms with Gasteiger partial charge in [-0.25, -0.2) is 9.11 Å². The van der Waals surface area contributed by atoms with Crippen molar-refractivity contribution in [3.05, 3.63) is 35.6 Å². The van der Waals surface area contributed by atoms with Gasteiger partial charge in [0.15, 0.2) is 0 Å². The molecule has 6 nitrogen and oxygen atoms in total. The number of amides is 1. The quantitative estimate of drug-likeness (QED) is 0.726. The van der Waals surface area contributed by atoms with Crippen molar-refractivity contribution in [2.75, 3.05) is 26.2 Å². The molecule has 1 atom stereocenters. The van der Waals surface area contributed by atoms with Gasteiger partial charge in [0.05, 0.1) is 5.56 Å². The first kappa shape index (κ1) is 18.8. The van der Waals surface area contributed by atoms with Crippen LogP contribution in [0.1, 0.15) is 36.5 Å². The molecule has 1 heterocycles. The second-order valence-corrected chi connectivity index (χ2v) is 7.85. The highest BCUT2D eigenvalue weighted by Gasteiger charge is 2.26. The molecular formula is C16H24FN3O3S. The lowest BCUT2D eigenvalue weighted by molar-refractivity contribution is 0.0949. The number of hydrogen-bond donors (Lipinski definition) is 2. The number of rotatable bonds is 7. The molecule has 134 valence electrons. The second-order valence-electron chi connectivity index (χ2n) is 6.09. The SMILES string of the molecule is CC1CCCN(S(=O)(=O)NCCCNC(=O)c2ccccc2F)C1. The highest BCUT2D eigenvalue weighted by molar-refractivity contribution is 7.87. The predicted octanol–water partition coefficient (Wildman–Crippen LogP) is 1.51. The lowest BCUT2D eigenvalue weighted by Crippen LogP contribution is -2.46. The van der Waals surface area contributed by atoms with Gasteiger partial charge in [-0.2, -0.15) is 12.7 Å². The molecule has 0 saturated carbocycles. The Morgan fingerprint density at radius 1 is 1.33 bits per heavy atom. The van der Waals surface area contributed by atoms with Crippen molar-refractivity contribution in [1.29, 1.82) is 0 Å². The summed E-state index contributed by atoms with van der Waals surface area (Å²) in [5, 5.41) is 2.59. The molecule has 0 bridgehead atoms. The Morgan fingerprint density at radius 3 is 2.79 bits per heavy atom. The van der Waals surface area contributed by atoms with Gasteiger partial charge in [-0.05, 0) is 37.3 Å². The third-order valence-corrected chi connectivity index (χ3v) is 5.58. The van der Waals surface area contributed by atoms with Crippen molar-refractivity contribution in [2.45, 2.75) is 26.2 Å². The van der Waals surface area contributed by atoms with Gasteiger partial charge >= 0.3 is 0 Å². The first-order valence-corrected chi connectivity index (χ1v) is 9.61. The molecule has 2 rings (SSSR count). The molecule has 1 aliphatic heterocycles. The summed E-state index contributed by atoms with van der Waals surface area (Å²) in [7, 11) is -3.47. The Hall–Kier alpha value is -1.51. The summed E-state index contributed by atoms with van der Waals surface area (Å²) >= 11 is 0. The number of nitrogens with zero attached hydrogens (tertiary/aromatic N) is 1. The van der Waals surface area contributed by atoms with E-state index in [2.05, 4.69) is 10.0 Å². The van der Waals surface area contributed by atoms with Gasteiger partial charge in [-0.15, -0.1) is 0 Å². The summed E-state index contributed by atoms with van der Waals surface area (Å²) in [6, 6.07) is 5.74. The second kappa shape index (κ2) is 8.55. The summed E-state index contributed by atoms with van der Waals surface area (Å²) < 4.78 is 41.8. The van der Waals surface area contributed by atoms with Gasteiger partial charge in [-0.3, -0.25) is 4.79 Å². The lowest BCUT2D eigenvalue weighted by atomic mass is 10.0. The van der Waals surface area contributed by atoms with Gasteiger partial charge in [0, 0.05) is 26.2 Å². The molecule has 1 amide bonds. The Bertz CT molecular complexity index is 666. The smallest absolute Gasteiger partial charge is 0.279 e. The fraction of sp³-hybridized carbons (Fsp3) is 0.562. The van der Waals surface area contributed by atoms with Gasteiger partial charge in [0.1, 0.15) is 5.82 Å². The first-order valence-electron chi connectivity index (χ1n) is 8.17. The van der Waals surface area contributed by atoms with Crippen LogP contribution in [-0.4, -0.2) is 44.8 Å². The van der Waals surface area contributed by atoms with Gasteiger partial charge in [-0.1, -0.05) is 19.1 Å². The molecule has 1 unspecified atom stereocenters. The first-order chi connectivity index (χ1) is 11.4. The van der Waals surface area contributed by atoms with E-state index in [-0.39, 0.29) is 18.7 Å². The molecule has 1 aromatic rings. The minimum Gasteiger partial charge on any atom is -0.352 e. The van der Waals surface area contributed by atoms with E-state index in [1.165, 1.54) is 22.5 Å². The topological polar surface area (TPSA) is 78.5 Å². The lowest BCUT2D eigenvalue weighted by Gasteiger charge is -2.29. The van der Waals surface area contributed by atoms with E-state index >= 15 is 0 Å². The highest BCUT2D eigenvalue weighted by atomic mass is 32.2. The van der Waals surface area contributed by atoms with Crippen LogP contribution in [0.4, 0.5) is 4.39 Å². The van der Waals surface area contributed by atoms with E-state index in [1.807, 2.05) is 6.92 Å². The van der Waals surface area contributed by atoms with Crippen LogP contribution in [0, 0.1) is 11.7 Å². The molecule has 0 spiro atoms. The van der Waals surface area contributed by atoms with Crippen LogP contribution in [-0.2, 0) is 10.2 Å². The highest BCUT2D eigenvalue weighted by Crippen LogP contribution is 2.17. The molecule has 0 aromatic heterocycles. The molecule has 1 saturated heterocycles. The summed E-state index contributed by atoms with van der Waals surface area (Å²) in [5.74, 6) is -0.703. The van der Waals surface area contributed by atoms with Crippen molar-refractivity contribution in [1.82, 2.24) is 14.3 Å². The fourth-order valence-corrected chi connectivity index (χ4v) is 4.09. The van der Waals surface area contributed by atoms with E-state index in [0.29, 0.717) is 25.4 Å². The van der Waals surface area contributed by atoms with E-state index < -0.39 is 21.9 Å². The van der Waals surface area contributed by atoms with E-state index in [9.17, 15) is 17.6 Å². The number of halogens is 1. The Balaban J connectivity index is 1.71. The molecule has 24 heavy (non-hydrogen) atoms. The molecule has 2 N–H and O–H groups in total. The van der Waals surface area contributed by atoms with Gasteiger partial charge in [0.25, 0.3) is 16.1 Å². The van der Waals surface area contributed by atoms with Crippen LogP contribution in [0.15, 0.2) is 24.3 Å². The van der Waals surface area contributed by atoms with Crippen molar-refractivity contribution in [2.24, 2.45) is 5.92 Å². The van der Waals surface area contributed by atoms with E-state index in [1.54, 1.807) is 6.07 Å². The average molecular weight is 357 g/mol. The third kappa shape index (κ3) is 5.25. The molecule has 1 fully saturated rings. The van der Waals surface area contributed by atoms with Crippen molar-refractivity contribution < 1.29 is 17.6 Å². The molecule has 0 aliphatic carbocycles. The summed E-state index contributed by atoms with van der Waals surface area (Å²) in [4.78, 5) is 11.8. The summed E-state index contributed by atoms with van der Waals surface area (Å²) in [6.07, 6.45) is 2.36. The summed E-state index contributed by atoms with van der Waals surface area (Å²) in [5.41, 5.74) is -0.0135. The van der Waals surface area contributed by atoms with Crippen molar-refractivity contribution in [3.63, 3.8) is 0 Å². The normalized spacial score (nSPS) is 19.2. The molecule has 0 radical (unpaired) electrons. The zero-order valence-electron chi connectivity index (χ0n) is 13.8. The number of benzene rings is 1. The molecule has 8 heteroatoms. The maximum atomic E-state index is 13.5. The zero-order valence-corrected chi connectivity index (χ0v) is 14.6. The zero-order chi connectivity index (χ0) is 17.6. The predicted molar refractivity (Wildman–Crippen MR) is 90.2 cm³/mol. The maximum absolute atomic E-state index is 13.5. The number of piperidine rings is 1. The average Bonchev–Trinajstić information content (AvgIpc) is 2.54. The van der Waals surface area contributed by atoms with Crippen molar-refractivity contribution >= 4 is 16.1 Å². The van der Waals surface area contributed by atoms with Crippen LogP contribution in [0.2, 0.25) is 0 Å². The number of carbonyl (C=O) groups is 1. The minimum absolute atomic E-state index is 0.0135. The number of hydrogen-bond acceptors (Lipinski definition) is 3. The maximum Gasteiger partial charge on any atom is 0.279 e. The van der Waals surface area contributed by atoms with Crippen molar-refractivity contribution in [3.8, 4) is 0 Å². The monoisotopic (exact) mass is 357 g/mol. The Kier molecular flexibility index (Phi) is 6.70. The molecule has 1 aliphatic rings. The van der Waals surface area contributed by atoms with E-state index in [4.69, 9.17) is 0 Å². The standard InChI is InChI=1S/C16H24FN3O3S/c1-13-6-4-11-20(12-13)24(22,23)19-10-5-9-18-16(21)14-7-2-3-8-15(14)17/h2-3,7-8,13,19H,4-6,9-12H2,1H3,(H,18,21). The van der Waals surface area contributed by atoms with E-state index in [0.717, 1.165) is 12.8 Å². The molecular weight excluding hydrogens is 333 g/mol. The fourth-order valence-electron chi connectivity index (χ4n) is 2.69. The largest absolute Gasteiger partial charge is 0.352 e. The van der Waals surface area contributed by atoms with Gasteiger partial charge < -0.3 is 5.32 Å². The van der Waals surface area contributed by atoms with Crippen LogP contribution >= 0.6 is 0 Å². The Labute approximate surface area is 142 Å². The minimum atomic E-state index is -3.47. The van der Waals surface area contributed by atoms with Crippen LogP contribution in [0.5, 0.6) is 0 Å². The van der Waals surface area contributed by atoms with Crippen LogP contribution in [0.25, 0.3) is 0 Å². The third-order valence-electron chi connectivity index (χ3n) is 4.00. The van der Waals surface area contributed by atoms with Crippen LogP contribution in [0.3, 0.4) is 0 Å². The summed E-state index contributed by atoms with van der Waals surface area (Å²) in [6.45, 7) is 3.62. The van der Waals surface area contributed by atoms with Crippen LogP contribution < -0.4 is 10.0 Å².